The average molecular weight is 377 g/mol. The molecule has 142 valence electrons. The summed E-state index contributed by atoms with van der Waals surface area (Å²) in [6.07, 6.45) is 2.07. The lowest BCUT2D eigenvalue weighted by Gasteiger charge is -2.27. The number of amides is 1. The number of aryl methyl sites for hydroxylation is 1. The standard InChI is InChI=1S/C19H19N7O2/c1-9-15-13(26-19(21)23-9)7-12(24-17(15)27)10-5-3-4-6-11(10)14-8-22-16(20)18(25-14)28-2/h3-6,8,12H,7H2,1-2H3,(H2,20,22)(H,24,27)(H2,21,23,26). The molecule has 28 heavy (non-hydrogen) atoms. The maximum atomic E-state index is 12.7. The molecular formula is C19H19N7O2. The number of nitrogen functional groups attached to an aromatic ring is 2. The van der Waals surface area contributed by atoms with Crippen LogP contribution in [0.2, 0.25) is 0 Å². The molecule has 2 aromatic heterocycles. The summed E-state index contributed by atoms with van der Waals surface area (Å²) in [6.45, 7) is 1.75. The molecule has 3 aromatic rings. The van der Waals surface area contributed by atoms with Gasteiger partial charge in [-0.3, -0.25) is 4.79 Å². The Morgan fingerprint density at radius 2 is 1.96 bits per heavy atom. The van der Waals surface area contributed by atoms with E-state index in [2.05, 4.69) is 25.3 Å². The number of nitrogens with two attached hydrogens (primary N) is 2. The van der Waals surface area contributed by atoms with E-state index in [0.717, 1.165) is 11.1 Å². The number of aromatic nitrogens is 4. The molecular weight excluding hydrogens is 358 g/mol. The van der Waals surface area contributed by atoms with Gasteiger partial charge in [-0.15, -0.1) is 0 Å². The normalized spacial score (nSPS) is 15.6. The van der Waals surface area contributed by atoms with Gasteiger partial charge in [0.2, 0.25) is 5.95 Å². The molecule has 1 aromatic carbocycles. The van der Waals surface area contributed by atoms with Gasteiger partial charge in [0.25, 0.3) is 11.8 Å². The second-order valence-corrected chi connectivity index (χ2v) is 6.46. The SMILES string of the molecule is COc1nc(-c2ccccc2C2Cc3nc(N)nc(C)c3C(=O)N2)cnc1N. The fourth-order valence-corrected chi connectivity index (χ4v) is 3.46. The van der Waals surface area contributed by atoms with E-state index in [1.807, 2.05) is 24.3 Å². The highest BCUT2D eigenvalue weighted by Gasteiger charge is 2.30. The molecule has 3 heterocycles. The molecule has 1 atom stereocenters. The van der Waals surface area contributed by atoms with Gasteiger partial charge in [-0.25, -0.2) is 19.9 Å². The lowest BCUT2D eigenvalue weighted by molar-refractivity contribution is 0.0922. The van der Waals surface area contributed by atoms with Crippen LogP contribution < -0.4 is 21.5 Å². The summed E-state index contributed by atoms with van der Waals surface area (Å²) < 4.78 is 5.18. The summed E-state index contributed by atoms with van der Waals surface area (Å²) in [6, 6.07) is 7.35. The lowest BCUT2D eigenvalue weighted by atomic mass is 9.90. The number of benzene rings is 1. The van der Waals surface area contributed by atoms with E-state index in [0.29, 0.717) is 29.1 Å². The first-order valence-corrected chi connectivity index (χ1v) is 8.67. The van der Waals surface area contributed by atoms with Gasteiger partial charge in [0.1, 0.15) is 0 Å². The summed E-state index contributed by atoms with van der Waals surface area (Å²) in [7, 11) is 1.49. The van der Waals surface area contributed by atoms with Crippen molar-refractivity contribution in [3.8, 4) is 17.1 Å². The zero-order valence-electron chi connectivity index (χ0n) is 15.4. The minimum Gasteiger partial charge on any atom is -0.478 e. The Bertz CT molecular complexity index is 1080. The van der Waals surface area contributed by atoms with E-state index in [1.165, 1.54) is 7.11 Å². The highest BCUT2D eigenvalue weighted by Crippen LogP contribution is 2.33. The Kier molecular flexibility index (Phi) is 4.26. The minimum absolute atomic E-state index is 0.159. The average Bonchev–Trinajstić information content (AvgIpc) is 2.67. The number of anilines is 2. The van der Waals surface area contributed by atoms with Crippen molar-refractivity contribution in [1.82, 2.24) is 25.3 Å². The van der Waals surface area contributed by atoms with Gasteiger partial charge in [0, 0.05) is 12.0 Å². The highest BCUT2D eigenvalue weighted by molar-refractivity contribution is 5.98. The van der Waals surface area contributed by atoms with Crippen LogP contribution in [0.15, 0.2) is 30.5 Å². The number of methoxy groups -OCH3 is 1. The first kappa shape index (κ1) is 17.7. The fraction of sp³-hybridized carbons (Fsp3) is 0.211. The molecule has 4 rings (SSSR count). The Morgan fingerprint density at radius 3 is 2.75 bits per heavy atom. The molecule has 0 spiro atoms. The minimum atomic E-state index is -0.296. The number of hydrogen-bond donors (Lipinski definition) is 3. The molecule has 1 unspecified atom stereocenters. The van der Waals surface area contributed by atoms with Gasteiger partial charge in [-0.05, 0) is 12.5 Å². The Balaban J connectivity index is 1.78. The molecule has 0 saturated carbocycles. The zero-order chi connectivity index (χ0) is 19.8. The third-order valence-electron chi connectivity index (χ3n) is 4.68. The van der Waals surface area contributed by atoms with E-state index in [-0.39, 0.29) is 29.6 Å². The fourth-order valence-electron chi connectivity index (χ4n) is 3.46. The van der Waals surface area contributed by atoms with Crippen molar-refractivity contribution < 1.29 is 9.53 Å². The molecule has 1 aliphatic rings. The number of nitrogens with zero attached hydrogens (tertiary/aromatic N) is 4. The van der Waals surface area contributed by atoms with Crippen molar-refractivity contribution in [2.45, 2.75) is 19.4 Å². The summed E-state index contributed by atoms with van der Waals surface area (Å²) in [5, 5.41) is 3.04. The van der Waals surface area contributed by atoms with E-state index in [1.54, 1.807) is 13.1 Å². The predicted molar refractivity (Wildman–Crippen MR) is 104 cm³/mol. The molecule has 9 nitrogen and oxygen atoms in total. The van der Waals surface area contributed by atoms with Crippen molar-refractivity contribution in [1.29, 1.82) is 0 Å². The topological polar surface area (TPSA) is 142 Å². The summed E-state index contributed by atoms with van der Waals surface area (Å²) in [5.74, 6) is 0.402. The first-order valence-electron chi connectivity index (χ1n) is 8.67. The smallest absolute Gasteiger partial charge is 0.257 e. The van der Waals surface area contributed by atoms with E-state index >= 15 is 0 Å². The number of nitrogens with one attached hydrogen (secondary N) is 1. The highest BCUT2D eigenvalue weighted by atomic mass is 16.5. The van der Waals surface area contributed by atoms with Crippen LogP contribution in [0.1, 0.15) is 33.4 Å². The largest absolute Gasteiger partial charge is 0.478 e. The number of rotatable bonds is 3. The monoisotopic (exact) mass is 377 g/mol. The summed E-state index contributed by atoms with van der Waals surface area (Å²) >= 11 is 0. The molecule has 0 aliphatic carbocycles. The molecule has 0 bridgehead atoms. The third kappa shape index (κ3) is 2.96. The van der Waals surface area contributed by atoms with Crippen molar-refractivity contribution in [2.75, 3.05) is 18.6 Å². The van der Waals surface area contributed by atoms with Crippen molar-refractivity contribution in [3.05, 3.63) is 53.0 Å². The summed E-state index contributed by atoms with van der Waals surface area (Å²) in [5.41, 5.74) is 15.5. The maximum Gasteiger partial charge on any atom is 0.257 e. The second kappa shape index (κ2) is 6.76. The number of ether oxygens (including phenoxy) is 1. The second-order valence-electron chi connectivity index (χ2n) is 6.46. The molecule has 0 radical (unpaired) electrons. The molecule has 0 saturated heterocycles. The van der Waals surface area contributed by atoms with Gasteiger partial charge in [-0.2, -0.15) is 0 Å². The molecule has 5 N–H and O–H groups in total. The van der Waals surface area contributed by atoms with Crippen LogP contribution in [0.4, 0.5) is 11.8 Å². The van der Waals surface area contributed by atoms with Crippen molar-refractivity contribution in [3.63, 3.8) is 0 Å². The molecule has 1 amide bonds. The summed E-state index contributed by atoms with van der Waals surface area (Å²) in [4.78, 5) is 29.7. The van der Waals surface area contributed by atoms with Crippen LogP contribution in [-0.2, 0) is 6.42 Å². The lowest BCUT2D eigenvalue weighted by Crippen LogP contribution is -2.37. The maximum absolute atomic E-state index is 12.7. The molecule has 0 fully saturated rings. The number of carbonyl (C=O) groups excluding carboxylic acids is 1. The van der Waals surface area contributed by atoms with Crippen LogP contribution >= 0.6 is 0 Å². The van der Waals surface area contributed by atoms with Crippen molar-refractivity contribution in [2.24, 2.45) is 0 Å². The van der Waals surface area contributed by atoms with E-state index in [4.69, 9.17) is 16.2 Å². The Labute approximate surface area is 161 Å². The van der Waals surface area contributed by atoms with Gasteiger partial charge >= 0.3 is 0 Å². The number of hydrogen-bond acceptors (Lipinski definition) is 8. The molecule has 1 aliphatic heterocycles. The van der Waals surface area contributed by atoms with Crippen LogP contribution in [0, 0.1) is 6.92 Å². The van der Waals surface area contributed by atoms with Crippen LogP contribution in [-0.4, -0.2) is 33.0 Å². The Hall–Kier alpha value is -3.75. The number of fused-ring (bicyclic) bond motifs is 1. The van der Waals surface area contributed by atoms with Crippen LogP contribution in [0.25, 0.3) is 11.3 Å². The van der Waals surface area contributed by atoms with Crippen molar-refractivity contribution >= 4 is 17.7 Å². The van der Waals surface area contributed by atoms with E-state index in [9.17, 15) is 4.79 Å². The quantitative estimate of drug-likeness (QED) is 0.622. The number of carbonyl (C=O) groups is 1. The van der Waals surface area contributed by atoms with Crippen LogP contribution in [0.5, 0.6) is 5.88 Å². The van der Waals surface area contributed by atoms with Crippen LogP contribution in [0.3, 0.4) is 0 Å². The van der Waals surface area contributed by atoms with Gasteiger partial charge in [0.05, 0.1) is 42.0 Å². The van der Waals surface area contributed by atoms with Gasteiger partial charge in [-0.1, -0.05) is 24.3 Å². The third-order valence-corrected chi connectivity index (χ3v) is 4.68. The first-order chi connectivity index (χ1) is 13.5. The molecule has 9 heteroatoms. The van der Waals surface area contributed by atoms with E-state index < -0.39 is 0 Å². The Morgan fingerprint density at radius 1 is 1.18 bits per heavy atom. The zero-order valence-corrected chi connectivity index (χ0v) is 15.4. The van der Waals surface area contributed by atoms with Gasteiger partial charge in [0.15, 0.2) is 5.82 Å². The predicted octanol–water partition coefficient (Wildman–Crippen LogP) is 1.44. The van der Waals surface area contributed by atoms with Gasteiger partial charge < -0.3 is 21.5 Å².